The zero-order valence-corrected chi connectivity index (χ0v) is 13.4. The average Bonchev–Trinajstić information content (AvgIpc) is 3.00. The number of rotatable bonds is 5. The van der Waals surface area contributed by atoms with Crippen molar-refractivity contribution in [2.45, 2.75) is 13.0 Å². The minimum absolute atomic E-state index is 0.0886. The molecule has 124 valence electrons. The SMILES string of the molecule is O=C(NCC1CC(=O)N(c2ccccc2)C1)OCc1ccccc1. The maximum Gasteiger partial charge on any atom is 0.407 e. The van der Waals surface area contributed by atoms with Crippen LogP contribution >= 0.6 is 0 Å². The van der Waals surface area contributed by atoms with Gasteiger partial charge in [0.05, 0.1) is 0 Å². The molecule has 3 rings (SSSR count). The highest BCUT2D eigenvalue weighted by atomic mass is 16.5. The predicted octanol–water partition coefficient (Wildman–Crippen LogP) is 2.97. The van der Waals surface area contributed by atoms with Crippen molar-refractivity contribution in [3.05, 3.63) is 66.2 Å². The Morgan fingerprint density at radius 2 is 1.75 bits per heavy atom. The van der Waals surface area contributed by atoms with Crippen molar-refractivity contribution in [2.75, 3.05) is 18.0 Å². The number of hydrogen-bond acceptors (Lipinski definition) is 3. The van der Waals surface area contributed by atoms with Crippen molar-refractivity contribution in [2.24, 2.45) is 5.92 Å². The van der Waals surface area contributed by atoms with E-state index in [1.807, 2.05) is 60.7 Å². The lowest BCUT2D eigenvalue weighted by molar-refractivity contribution is -0.117. The highest BCUT2D eigenvalue weighted by molar-refractivity contribution is 5.95. The summed E-state index contributed by atoms with van der Waals surface area (Å²) in [6.07, 6.45) is -0.0158. The van der Waals surface area contributed by atoms with Gasteiger partial charge >= 0.3 is 6.09 Å². The second kappa shape index (κ2) is 7.64. The Bertz CT molecular complexity index is 688. The first-order valence-electron chi connectivity index (χ1n) is 8.02. The van der Waals surface area contributed by atoms with E-state index in [2.05, 4.69) is 5.32 Å². The number of anilines is 1. The zero-order chi connectivity index (χ0) is 16.8. The number of nitrogens with one attached hydrogen (secondary N) is 1. The molecule has 5 heteroatoms. The summed E-state index contributed by atoms with van der Waals surface area (Å²) < 4.78 is 5.18. The van der Waals surface area contributed by atoms with Gasteiger partial charge in [-0.3, -0.25) is 4.79 Å². The molecule has 0 aliphatic carbocycles. The minimum atomic E-state index is -0.454. The maximum atomic E-state index is 12.1. The summed E-state index contributed by atoms with van der Waals surface area (Å²) in [5.41, 5.74) is 1.84. The van der Waals surface area contributed by atoms with Gasteiger partial charge in [0, 0.05) is 31.1 Å². The van der Waals surface area contributed by atoms with Crippen LogP contribution in [0.3, 0.4) is 0 Å². The summed E-state index contributed by atoms with van der Waals surface area (Å²) in [5, 5.41) is 2.75. The van der Waals surface area contributed by atoms with Gasteiger partial charge in [0.2, 0.25) is 5.91 Å². The molecule has 24 heavy (non-hydrogen) atoms. The number of para-hydroxylation sites is 1. The molecule has 2 aromatic carbocycles. The van der Waals surface area contributed by atoms with E-state index in [-0.39, 0.29) is 18.4 Å². The van der Waals surface area contributed by atoms with Gasteiger partial charge < -0.3 is 15.0 Å². The summed E-state index contributed by atoms with van der Waals surface area (Å²) in [6.45, 7) is 1.29. The third-order valence-corrected chi connectivity index (χ3v) is 4.02. The monoisotopic (exact) mass is 324 g/mol. The first-order chi connectivity index (χ1) is 11.7. The number of alkyl carbamates (subject to hydrolysis) is 1. The third-order valence-electron chi connectivity index (χ3n) is 4.02. The van der Waals surface area contributed by atoms with Gasteiger partial charge in [-0.1, -0.05) is 48.5 Å². The molecule has 1 aliphatic rings. The fourth-order valence-corrected chi connectivity index (χ4v) is 2.78. The molecule has 1 aliphatic heterocycles. The van der Waals surface area contributed by atoms with Crippen LogP contribution in [0.4, 0.5) is 10.5 Å². The highest BCUT2D eigenvalue weighted by Gasteiger charge is 2.30. The second-order valence-electron chi connectivity index (χ2n) is 5.85. The predicted molar refractivity (Wildman–Crippen MR) is 91.5 cm³/mol. The number of benzene rings is 2. The van der Waals surface area contributed by atoms with Crippen molar-refractivity contribution in [3.8, 4) is 0 Å². The van der Waals surface area contributed by atoms with Crippen LogP contribution in [0, 0.1) is 5.92 Å². The number of nitrogens with zero attached hydrogens (tertiary/aromatic N) is 1. The van der Waals surface area contributed by atoms with Crippen LogP contribution in [-0.2, 0) is 16.1 Å². The number of hydrogen-bond donors (Lipinski definition) is 1. The third kappa shape index (κ3) is 4.13. The lowest BCUT2D eigenvalue weighted by Gasteiger charge is -2.16. The molecule has 2 amide bonds. The normalized spacial score (nSPS) is 16.9. The molecule has 0 bridgehead atoms. The summed E-state index contributed by atoms with van der Waals surface area (Å²) in [4.78, 5) is 25.7. The summed E-state index contributed by atoms with van der Waals surface area (Å²) in [7, 11) is 0. The number of ether oxygens (including phenoxy) is 1. The van der Waals surface area contributed by atoms with Gasteiger partial charge in [-0.2, -0.15) is 0 Å². The first-order valence-corrected chi connectivity index (χ1v) is 8.02. The van der Waals surface area contributed by atoms with E-state index in [1.54, 1.807) is 4.90 Å². The van der Waals surface area contributed by atoms with Crippen molar-refractivity contribution in [1.82, 2.24) is 5.32 Å². The maximum absolute atomic E-state index is 12.1. The van der Waals surface area contributed by atoms with E-state index in [4.69, 9.17) is 4.74 Å². The standard InChI is InChI=1S/C19H20N2O3/c22-18-11-16(13-21(18)17-9-5-2-6-10-17)12-20-19(23)24-14-15-7-3-1-4-8-15/h1-10,16H,11-14H2,(H,20,23). The Morgan fingerprint density at radius 3 is 2.46 bits per heavy atom. The number of carbonyl (C=O) groups excluding carboxylic acids is 2. The van der Waals surface area contributed by atoms with Gasteiger partial charge in [-0.15, -0.1) is 0 Å². The fraction of sp³-hybridized carbons (Fsp3) is 0.263. The van der Waals surface area contributed by atoms with Crippen molar-refractivity contribution < 1.29 is 14.3 Å². The first kappa shape index (κ1) is 16.1. The van der Waals surface area contributed by atoms with E-state index in [0.29, 0.717) is 19.5 Å². The van der Waals surface area contributed by atoms with Crippen LogP contribution in [0.5, 0.6) is 0 Å². The Labute approximate surface area is 141 Å². The summed E-state index contributed by atoms with van der Waals surface area (Å²) >= 11 is 0. The Balaban J connectivity index is 1.44. The average molecular weight is 324 g/mol. The Morgan fingerprint density at radius 1 is 1.08 bits per heavy atom. The summed E-state index contributed by atoms with van der Waals surface area (Å²) in [6, 6.07) is 19.1. The molecule has 0 spiro atoms. The van der Waals surface area contributed by atoms with Gasteiger partial charge in [0.15, 0.2) is 0 Å². The lowest BCUT2D eigenvalue weighted by atomic mass is 10.1. The fourth-order valence-electron chi connectivity index (χ4n) is 2.78. The molecule has 1 saturated heterocycles. The molecular weight excluding hydrogens is 304 g/mol. The van der Waals surface area contributed by atoms with Gasteiger partial charge in [-0.25, -0.2) is 4.79 Å². The molecule has 1 fully saturated rings. The highest BCUT2D eigenvalue weighted by Crippen LogP contribution is 2.24. The molecule has 5 nitrogen and oxygen atoms in total. The molecule has 0 aromatic heterocycles. The van der Waals surface area contributed by atoms with E-state index < -0.39 is 6.09 Å². The van der Waals surface area contributed by atoms with Crippen molar-refractivity contribution >= 4 is 17.7 Å². The van der Waals surface area contributed by atoms with Crippen LogP contribution in [0.1, 0.15) is 12.0 Å². The molecule has 0 radical (unpaired) electrons. The Hall–Kier alpha value is -2.82. The van der Waals surface area contributed by atoms with E-state index in [9.17, 15) is 9.59 Å². The molecular formula is C19H20N2O3. The smallest absolute Gasteiger partial charge is 0.407 e. The van der Waals surface area contributed by atoms with Crippen molar-refractivity contribution in [3.63, 3.8) is 0 Å². The number of carbonyl (C=O) groups is 2. The molecule has 2 aromatic rings. The van der Waals surface area contributed by atoms with Crippen LogP contribution in [0.25, 0.3) is 0 Å². The van der Waals surface area contributed by atoms with E-state index >= 15 is 0 Å². The van der Waals surface area contributed by atoms with Crippen LogP contribution in [-0.4, -0.2) is 25.1 Å². The second-order valence-corrected chi connectivity index (χ2v) is 5.85. The molecule has 1 atom stereocenters. The zero-order valence-electron chi connectivity index (χ0n) is 13.4. The Kier molecular flexibility index (Phi) is 5.11. The van der Waals surface area contributed by atoms with E-state index in [1.165, 1.54) is 0 Å². The molecule has 1 unspecified atom stereocenters. The van der Waals surface area contributed by atoms with Gasteiger partial charge in [-0.05, 0) is 17.7 Å². The van der Waals surface area contributed by atoms with Gasteiger partial charge in [0.25, 0.3) is 0 Å². The van der Waals surface area contributed by atoms with Crippen LogP contribution in [0.2, 0.25) is 0 Å². The largest absolute Gasteiger partial charge is 0.445 e. The molecule has 0 saturated carbocycles. The quantitative estimate of drug-likeness (QED) is 0.920. The van der Waals surface area contributed by atoms with Crippen molar-refractivity contribution in [1.29, 1.82) is 0 Å². The lowest BCUT2D eigenvalue weighted by Crippen LogP contribution is -2.31. The minimum Gasteiger partial charge on any atom is -0.445 e. The van der Waals surface area contributed by atoms with E-state index in [0.717, 1.165) is 11.3 Å². The van der Waals surface area contributed by atoms with Gasteiger partial charge in [0.1, 0.15) is 6.61 Å². The van der Waals surface area contributed by atoms with Crippen LogP contribution in [0.15, 0.2) is 60.7 Å². The number of amides is 2. The molecule has 1 N–H and O–H groups in total. The van der Waals surface area contributed by atoms with Crippen LogP contribution < -0.4 is 10.2 Å². The molecule has 1 heterocycles. The summed E-state index contributed by atoms with van der Waals surface area (Å²) in [5.74, 6) is 0.188. The topological polar surface area (TPSA) is 58.6 Å².